The summed E-state index contributed by atoms with van der Waals surface area (Å²) in [5.74, 6) is -0.346. The van der Waals surface area contributed by atoms with Crippen LogP contribution in [0.3, 0.4) is 0 Å². The number of aliphatic hydroxyl groups is 1. The molecule has 0 saturated carbocycles. The van der Waals surface area contributed by atoms with Gasteiger partial charge in [-0.2, -0.15) is 0 Å². The maximum atomic E-state index is 13.8. The van der Waals surface area contributed by atoms with Crippen molar-refractivity contribution in [3.8, 4) is 11.3 Å². The van der Waals surface area contributed by atoms with Gasteiger partial charge in [0.25, 0.3) is 0 Å². The first-order valence-corrected chi connectivity index (χ1v) is 9.67. The highest BCUT2D eigenvalue weighted by Gasteiger charge is 2.19. The first-order chi connectivity index (χ1) is 13.1. The third-order valence-corrected chi connectivity index (χ3v) is 5.34. The summed E-state index contributed by atoms with van der Waals surface area (Å²) in [4.78, 5) is 4.79. The van der Waals surface area contributed by atoms with Crippen molar-refractivity contribution in [2.45, 2.75) is 32.1 Å². The van der Waals surface area contributed by atoms with E-state index in [2.05, 4.69) is 30.3 Å². The van der Waals surface area contributed by atoms with Gasteiger partial charge in [-0.25, -0.2) is 4.39 Å². The number of fused-ring (bicyclic) bond motifs is 1. The SMILES string of the molecule is OCCc1ccc(Cc2cc(-c3cc(F)cc(Cl)c3)nc3c2CCC3)cc1. The summed E-state index contributed by atoms with van der Waals surface area (Å²) in [5, 5.41) is 9.45. The van der Waals surface area contributed by atoms with Gasteiger partial charge < -0.3 is 5.11 Å². The van der Waals surface area contributed by atoms with Gasteiger partial charge in [0.1, 0.15) is 5.82 Å². The Kier molecular flexibility index (Phi) is 5.24. The minimum Gasteiger partial charge on any atom is -0.396 e. The van der Waals surface area contributed by atoms with Crippen molar-refractivity contribution < 1.29 is 9.50 Å². The lowest BCUT2D eigenvalue weighted by Crippen LogP contribution is -2.00. The zero-order valence-electron chi connectivity index (χ0n) is 15.0. The monoisotopic (exact) mass is 381 g/mol. The van der Waals surface area contributed by atoms with Crippen LogP contribution in [-0.4, -0.2) is 16.7 Å². The third kappa shape index (κ3) is 4.05. The summed E-state index contributed by atoms with van der Waals surface area (Å²) in [6.07, 6.45) is 4.62. The molecule has 0 atom stereocenters. The highest BCUT2D eigenvalue weighted by molar-refractivity contribution is 6.30. The molecule has 4 heteroatoms. The molecule has 27 heavy (non-hydrogen) atoms. The van der Waals surface area contributed by atoms with Gasteiger partial charge >= 0.3 is 0 Å². The van der Waals surface area contributed by atoms with E-state index in [4.69, 9.17) is 21.7 Å². The number of hydrogen-bond acceptors (Lipinski definition) is 2. The first-order valence-electron chi connectivity index (χ1n) is 9.29. The molecule has 4 rings (SSSR count). The van der Waals surface area contributed by atoms with Crippen LogP contribution in [0.4, 0.5) is 4.39 Å². The highest BCUT2D eigenvalue weighted by atomic mass is 35.5. The molecule has 138 valence electrons. The van der Waals surface area contributed by atoms with Crippen LogP contribution >= 0.6 is 11.6 Å². The molecule has 0 radical (unpaired) electrons. The molecular formula is C23H21ClFNO. The number of halogens is 2. The molecule has 0 spiro atoms. The van der Waals surface area contributed by atoms with Gasteiger partial charge in [-0.3, -0.25) is 4.98 Å². The van der Waals surface area contributed by atoms with Gasteiger partial charge in [0.2, 0.25) is 0 Å². The number of benzene rings is 2. The lowest BCUT2D eigenvalue weighted by Gasteiger charge is -2.12. The molecule has 1 N–H and O–H groups in total. The average Bonchev–Trinajstić information content (AvgIpc) is 3.12. The molecule has 0 fully saturated rings. The van der Waals surface area contributed by atoms with Gasteiger partial charge in [0.15, 0.2) is 0 Å². The quantitative estimate of drug-likeness (QED) is 0.662. The maximum Gasteiger partial charge on any atom is 0.125 e. The van der Waals surface area contributed by atoms with Gasteiger partial charge in [0, 0.05) is 22.9 Å². The van der Waals surface area contributed by atoms with Crippen LogP contribution in [0.1, 0.15) is 34.4 Å². The first kappa shape index (κ1) is 18.1. The highest BCUT2D eigenvalue weighted by Crippen LogP contribution is 2.31. The maximum absolute atomic E-state index is 13.8. The van der Waals surface area contributed by atoms with Crippen LogP contribution in [0.2, 0.25) is 5.02 Å². The molecule has 0 bridgehead atoms. The van der Waals surface area contributed by atoms with Crippen LogP contribution in [0.15, 0.2) is 48.5 Å². The average molecular weight is 382 g/mol. The molecule has 0 aliphatic heterocycles. The number of aromatic nitrogens is 1. The summed E-state index contributed by atoms with van der Waals surface area (Å²) >= 11 is 6.04. The van der Waals surface area contributed by atoms with Crippen LogP contribution < -0.4 is 0 Å². The Morgan fingerprint density at radius 1 is 1.00 bits per heavy atom. The van der Waals surface area contributed by atoms with Crippen LogP contribution in [0.5, 0.6) is 0 Å². The zero-order chi connectivity index (χ0) is 18.8. The van der Waals surface area contributed by atoms with E-state index in [1.165, 1.54) is 28.8 Å². The number of aryl methyl sites for hydroxylation is 1. The molecule has 0 unspecified atom stereocenters. The van der Waals surface area contributed by atoms with Crippen molar-refractivity contribution in [3.63, 3.8) is 0 Å². The topological polar surface area (TPSA) is 33.1 Å². The minimum absolute atomic E-state index is 0.163. The molecule has 1 aliphatic carbocycles. The summed E-state index contributed by atoms with van der Waals surface area (Å²) in [5.41, 5.74) is 7.57. The Labute approximate surface area is 163 Å². The van der Waals surface area contributed by atoms with Crippen molar-refractivity contribution in [2.75, 3.05) is 6.61 Å². The van der Waals surface area contributed by atoms with E-state index in [-0.39, 0.29) is 12.4 Å². The van der Waals surface area contributed by atoms with E-state index in [1.807, 2.05) is 0 Å². The van der Waals surface area contributed by atoms with Crippen LogP contribution in [0.25, 0.3) is 11.3 Å². The lowest BCUT2D eigenvalue weighted by atomic mass is 9.96. The van der Waals surface area contributed by atoms with Crippen molar-refractivity contribution in [1.82, 2.24) is 4.98 Å². The predicted molar refractivity (Wildman–Crippen MR) is 107 cm³/mol. The third-order valence-electron chi connectivity index (χ3n) is 5.12. The molecule has 1 aromatic heterocycles. The second kappa shape index (κ2) is 7.79. The number of aliphatic hydroxyl groups excluding tert-OH is 1. The fourth-order valence-electron chi connectivity index (χ4n) is 3.81. The summed E-state index contributed by atoms with van der Waals surface area (Å²) in [6, 6.07) is 15.0. The van der Waals surface area contributed by atoms with E-state index in [0.717, 1.165) is 42.6 Å². The van der Waals surface area contributed by atoms with Crippen molar-refractivity contribution in [2.24, 2.45) is 0 Å². The van der Waals surface area contributed by atoms with E-state index < -0.39 is 0 Å². The van der Waals surface area contributed by atoms with Gasteiger partial charge in [-0.15, -0.1) is 0 Å². The van der Waals surface area contributed by atoms with Gasteiger partial charge in [0.05, 0.1) is 5.69 Å². The second-order valence-corrected chi connectivity index (χ2v) is 7.51. The minimum atomic E-state index is -0.346. The Morgan fingerprint density at radius 2 is 1.78 bits per heavy atom. The fraction of sp³-hybridized carbons (Fsp3) is 0.261. The molecule has 2 aromatic carbocycles. The predicted octanol–water partition coefficient (Wildman–Crippen LogP) is 5.16. The fourth-order valence-corrected chi connectivity index (χ4v) is 4.03. The largest absolute Gasteiger partial charge is 0.396 e. The Balaban J connectivity index is 1.70. The summed E-state index contributed by atoms with van der Waals surface area (Å²) < 4.78 is 13.8. The van der Waals surface area contributed by atoms with E-state index in [0.29, 0.717) is 17.0 Å². The molecular weight excluding hydrogens is 361 g/mol. The smallest absolute Gasteiger partial charge is 0.125 e. The Morgan fingerprint density at radius 3 is 2.52 bits per heavy atom. The van der Waals surface area contributed by atoms with Gasteiger partial charge in [-0.05, 0) is 78.6 Å². The van der Waals surface area contributed by atoms with Crippen LogP contribution in [0, 0.1) is 5.82 Å². The van der Waals surface area contributed by atoms with E-state index >= 15 is 0 Å². The number of hydrogen-bond donors (Lipinski definition) is 1. The molecule has 0 saturated heterocycles. The van der Waals surface area contributed by atoms with E-state index in [1.54, 1.807) is 6.07 Å². The van der Waals surface area contributed by atoms with Crippen LogP contribution in [-0.2, 0) is 25.7 Å². The molecule has 0 amide bonds. The number of rotatable bonds is 5. The number of nitrogens with zero attached hydrogens (tertiary/aromatic N) is 1. The number of pyridine rings is 1. The molecule has 1 heterocycles. The molecule has 3 aromatic rings. The molecule has 2 nitrogen and oxygen atoms in total. The standard InChI is InChI=1S/C23H21ClFNO/c24-19-11-18(12-20(25)14-19)23-13-17(21-2-1-3-22(21)26-23)10-16-6-4-15(5-7-16)8-9-27/h4-7,11-14,27H,1-3,8-10H2. The Bertz CT molecular complexity index is 949. The Hall–Kier alpha value is -2.23. The summed E-state index contributed by atoms with van der Waals surface area (Å²) in [6.45, 7) is 0.163. The zero-order valence-corrected chi connectivity index (χ0v) is 15.8. The van der Waals surface area contributed by atoms with Crippen molar-refractivity contribution in [1.29, 1.82) is 0 Å². The van der Waals surface area contributed by atoms with Crippen molar-refractivity contribution in [3.05, 3.63) is 87.3 Å². The van der Waals surface area contributed by atoms with Crippen molar-refractivity contribution >= 4 is 11.6 Å². The summed E-state index contributed by atoms with van der Waals surface area (Å²) in [7, 11) is 0. The second-order valence-electron chi connectivity index (χ2n) is 7.07. The molecule has 1 aliphatic rings. The lowest BCUT2D eigenvalue weighted by molar-refractivity contribution is 0.299. The van der Waals surface area contributed by atoms with Gasteiger partial charge in [-0.1, -0.05) is 35.9 Å². The van der Waals surface area contributed by atoms with E-state index in [9.17, 15) is 4.39 Å². The normalized spacial score (nSPS) is 13.0.